The van der Waals surface area contributed by atoms with Crippen LogP contribution in [0.2, 0.25) is 0 Å². The summed E-state index contributed by atoms with van der Waals surface area (Å²) in [6.07, 6.45) is 1.93. The Morgan fingerprint density at radius 1 is 1.12 bits per heavy atom. The second kappa shape index (κ2) is 8.43. The number of hydrogen-bond acceptors (Lipinski definition) is 5. The van der Waals surface area contributed by atoms with Gasteiger partial charge in [-0.05, 0) is 35.4 Å². The highest BCUT2D eigenvalue weighted by Crippen LogP contribution is 2.38. The molecule has 2 aromatic rings. The van der Waals surface area contributed by atoms with Crippen LogP contribution in [0.25, 0.3) is 0 Å². The molecule has 0 bridgehead atoms. The molecule has 0 radical (unpaired) electrons. The van der Waals surface area contributed by atoms with Gasteiger partial charge in [0.2, 0.25) is 0 Å². The third kappa shape index (κ3) is 4.49. The Morgan fingerprint density at radius 2 is 1.80 bits per heavy atom. The van der Waals surface area contributed by atoms with Gasteiger partial charge in [0.25, 0.3) is 0 Å². The van der Waals surface area contributed by atoms with E-state index in [0.717, 1.165) is 42.9 Å². The summed E-state index contributed by atoms with van der Waals surface area (Å²) in [7, 11) is 3.30. The summed E-state index contributed by atoms with van der Waals surface area (Å²) in [4.78, 5) is 3.58. The zero-order valence-corrected chi connectivity index (χ0v) is 15.8. The minimum atomic E-state index is -0.742. The lowest BCUT2D eigenvalue weighted by Crippen LogP contribution is -2.42. The van der Waals surface area contributed by atoms with E-state index in [1.165, 1.54) is 5.56 Å². The van der Waals surface area contributed by atoms with E-state index < -0.39 is 5.60 Å². The molecule has 2 heterocycles. The first-order valence-corrected chi connectivity index (χ1v) is 9.63. The number of piperidine rings is 1. The summed E-state index contributed by atoms with van der Waals surface area (Å²) in [5.41, 5.74) is 1.64. The highest BCUT2D eigenvalue weighted by molar-refractivity contribution is 7.10. The summed E-state index contributed by atoms with van der Waals surface area (Å²) < 4.78 is 10.7. The number of benzene rings is 1. The van der Waals surface area contributed by atoms with Crippen molar-refractivity contribution in [2.45, 2.75) is 37.7 Å². The van der Waals surface area contributed by atoms with Crippen LogP contribution in [0.3, 0.4) is 0 Å². The van der Waals surface area contributed by atoms with Gasteiger partial charge in [0.1, 0.15) is 0 Å². The number of thiophene rings is 1. The predicted octanol–water partition coefficient (Wildman–Crippen LogP) is 3.39. The third-order valence-corrected chi connectivity index (χ3v) is 6.00. The van der Waals surface area contributed by atoms with E-state index in [9.17, 15) is 5.11 Å². The number of methoxy groups -OCH3 is 2. The lowest BCUT2D eigenvalue weighted by atomic mass is 9.84. The summed E-state index contributed by atoms with van der Waals surface area (Å²) in [5.74, 6) is 0. The molecule has 25 heavy (non-hydrogen) atoms. The minimum Gasteiger partial charge on any atom is -0.385 e. The molecule has 0 atom stereocenters. The van der Waals surface area contributed by atoms with Crippen LogP contribution >= 0.6 is 11.3 Å². The Hall–Kier alpha value is -1.24. The molecule has 0 unspecified atom stereocenters. The SMILES string of the molecule is COC(Cc1sccc1C1(O)CCN(Cc2ccccc2)CC1)OC. The van der Waals surface area contributed by atoms with Crippen molar-refractivity contribution < 1.29 is 14.6 Å². The van der Waals surface area contributed by atoms with Crippen molar-refractivity contribution >= 4 is 11.3 Å². The van der Waals surface area contributed by atoms with Crippen molar-refractivity contribution in [3.63, 3.8) is 0 Å². The molecule has 1 aliphatic rings. The number of aliphatic hydroxyl groups is 1. The Kier molecular flexibility index (Phi) is 6.25. The summed E-state index contributed by atoms with van der Waals surface area (Å²) in [6.45, 7) is 2.75. The van der Waals surface area contributed by atoms with E-state index in [1.54, 1.807) is 25.6 Å². The number of rotatable bonds is 7. The molecular weight excluding hydrogens is 334 g/mol. The molecule has 1 fully saturated rings. The maximum atomic E-state index is 11.3. The molecule has 1 N–H and O–H groups in total. The monoisotopic (exact) mass is 361 g/mol. The molecule has 0 amide bonds. The van der Waals surface area contributed by atoms with Gasteiger partial charge in [-0.3, -0.25) is 4.90 Å². The molecule has 1 aromatic heterocycles. The molecule has 3 rings (SSSR count). The minimum absolute atomic E-state index is 0.265. The maximum absolute atomic E-state index is 11.3. The summed E-state index contributed by atoms with van der Waals surface area (Å²) >= 11 is 1.67. The third-order valence-electron chi connectivity index (χ3n) is 5.06. The molecule has 0 saturated carbocycles. The quantitative estimate of drug-likeness (QED) is 0.768. The van der Waals surface area contributed by atoms with Gasteiger partial charge in [0, 0.05) is 45.2 Å². The van der Waals surface area contributed by atoms with Crippen LogP contribution in [0.5, 0.6) is 0 Å². The fourth-order valence-electron chi connectivity index (χ4n) is 3.52. The van der Waals surface area contributed by atoms with Crippen LogP contribution in [0.4, 0.5) is 0 Å². The number of nitrogens with zero attached hydrogens (tertiary/aromatic N) is 1. The highest BCUT2D eigenvalue weighted by Gasteiger charge is 2.36. The van der Waals surface area contributed by atoms with Gasteiger partial charge in [-0.15, -0.1) is 11.3 Å². The van der Waals surface area contributed by atoms with E-state index in [0.29, 0.717) is 6.42 Å². The smallest absolute Gasteiger partial charge is 0.161 e. The van der Waals surface area contributed by atoms with Crippen molar-refractivity contribution in [3.8, 4) is 0 Å². The average molecular weight is 362 g/mol. The van der Waals surface area contributed by atoms with E-state index >= 15 is 0 Å². The van der Waals surface area contributed by atoms with Crippen molar-refractivity contribution in [1.82, 2.24) is 4.90 Å². The lowest BCUT2D eigenvalue weighted by Gasteiger charge is -2.38. The number of likely N-dealkylation sites (tertiary alicyclic amines) is 1. The molecule has 4 nitrogen and oxygen atoms in total. The topological polar surface area (TPSA) is 41.9 Å². The number of hydrogen-bond donors (Lipinski definition) is 1. The van der Waals surface area contributed by atoms with Crippen LogP contribution in [-0.2, 0) is 28.0 Å². The van der Waals surface area contributed by atoms with Gasteiger partial charge < -0.3 is 14.6 Å². The average Bonchev–Trinajstić information content (AvgIpc) is 3.12. The zero-order valence-electron chi connectivity index (χ0n) is 15.0. The van der Waals surface area contributed by atoms with Gasteiger partial charge in [0.05, 0.1) is 5.60 Å². The van der Waals surface area contributed by atoms with Crippen molar-refractivity contribution in [2.75, 3.05) is 27.3 Å². The van der Waals surface area contributed by atoms with Gasteiger partial charge in [0.15, 0.2) is 6.29 Å². The molecule has 5 heteroatoms. The fourth-order valence-corrected chi connectivity index (χ4v) is 4.51. The zero-order chi connectivity index (χ0) is 17.7. The standard InChI is InChI=1S/C20H27NO3S/c1-23-19(24-2)14-18-17(8-13-25-18)20(22)9-11-21(12-10-20)15-16-6-4-3-5-7-16/h3-8,13,19,22H,9-12,14-15H2,1-2H3. The van der Waals surface area contributed by atoms with Crippen LogP contribution in [0, 0.1) is 0 Å². The normalized spacial score (nSPS) is 17.9. The molecule has 136 valence electrons. The maximum Gasteiger partial charge on any atom is 0.161 e. The Bertz CT molecular complexity index is 646. The van der Waals surface area contributed by atoms with Gasteiger partial charge in [-0.2, -0.15) is 0 Å². The predicted molar refractivity (Wildman–Crippen MR) is 101 cm³/mol. The lowest BCUT2D eigenvalue weighted by molar-refractivity contribution is -0.101. The van der Waals surface area contributed by atoms with E-state index in [1.807, 2.05) is 6.07 Å². The van der Waals surface area contributed by atoms with Crippen LogP contribution in [0.1, 0.15) is 28.8 Å². The van der Waals surface area contributed by atoms with Crippen molar-refractivity contribution in [3.05, 3.63) is 57.8 Å². The van der Waals surface area contributed by atoms with E-state index in [4.69, 9.17) is 9.47 Å². The first kappa shape index (κ1) is 18.5. The second-order valence-electron chi connectivity index (χ2n) is 6.66. The Labute approximate surface area is 154 Å². The van der Waals surface area contributed by atoms with Gasteiger partial charge in [-0.25, -0.2) is 0 Å². The molecule has 0 aliphatic carbocycles. The summed E-state index contributed by atoms with van der Waals surface area (Å²) in [6, 6.07) is 12.6. The van der Waals surface area contributed by atoms with Gasteiger partial charge in [-0.1, -0.05) is 30.3 Å². The van der Waals surface area contributed by atoms with E-state index in [-0.39, 0.29) is 6.29 Å². The van der Waals surface area contributed by atoms with E-state index in [2.05, 4.69) is 40.6 Å². The fraction of sp³-hybridized carbons (Fsp3) is 0.500. The molecule has 1 saturated heterocycles. The molecule has 1 aromatic carbocycles. The van der Waals surface area contributed by atoms with Crippen LogP contribution in [0.15, 0.2) is 41.8 Å². The molecular formula is C20H27NO3S. The van der Waals surface area contributed by atoms with Crippen molar-refractivity contribution in [2.24, 2.45) is 0 Å². The van der Waals surface area contributed by atoms with Gasteiger partial charge >= 0.3 is 0 Å². The number of ether oxygens (including phenoxy) is 2. The molecule has 1 aliphatic heterocycles. The highest BCUT2D eigenvalue weighted by atomic mass is 32.1. The first-order valence-electron chi connectivity index (χ1n) is 8.76. The van der Waals surface area contributed by atoms with Crippen LogP contribution < -0.4 is 0 Å². The Balaban J connectivity index is 1.64. The van der Waals surface area contributed by atoms with Crippen LogP contribution in [-0.4, -0.2) is 43.6 Å². The first-order chi connectivity index (χ1) is 12.1. The summed E-state index contributed by atoms with van der Waals surface area (Å²) in [5, 5.41) is 13.3. The Morgan fingerprint density at radius 3 is 2.44 bits per heavy atom. The molecule has 0 spiro atoms. The largest absolute Gasteiger partial charge is 0.385 e. The second-order valence-corrected chi connectivity index (χ2v) is 7.66. The van der Waals surface area contributed by atoms with Crippen molar-refractivity contribution in [1.29, 1.82) is 0 Å².